The van der Waals surface area contributed by atoms with Crippen LogP contribution in [0.5, 0.6) is 0 Å². The average Bonchev–Trinajstić information content (AvgIpc) is 3.64. The van der Waals surface area contributed by atoms with Crippen molar-refractivity contribution in [3.05, 3.63) is 218 Å². The van der Waals surface area contributed by atoms with E-state index in [-0.39, 0.29) is 0 Å². The highest BCUT2D eigenvalue weighted by Gasteiger charge is 2.20. The van der Waals surface area contributed by atoms with Crippen molar-refractivity contribution in [2.75, 3.05) is 4.90 Å². The Morgan fingerprint density at radius 2 is 0.810 bits per heavy atom. The van der Waals surface area contributed by atoms with E-state index < -0.39 is 0 Å². The van der Waals surface area contributed by atoms with Crippen LogP contribution in [0.1, 0.15) is 0 Å². The maximum atomic E-state index is 2.45. The topological polar surface area (TPSA) is 8.17 Å². The van der Waals surface area contributed by atoms with Gasteiger partial charge >= 0.3 is 0 Å². The lowest BCUT2D eigenvalue weighted by molar-refractivity contribution is 1.19. The number of nitrogens with zero attached hydrogens (tertiary/aromatic N) is 2. The van der Waals surface area contributed by atoms with Gasteiger partial charge in [0, 0.05) is 38.9 Å². The van der Waals surface area contributed by atoms with Crippen LogP contribution >= 0.6 is 0 Å². The van der Waals surface area contributed by atoms with Crippen LogP contribution in [-0.2, 0) is 0 Å². The SMILES string of the molecule is c1ccc(-n2c3cccc(-c4cccc(N(c5ccc6c(ccc7ccccc76)c5)c5ccc6c(ccc7ccccc76)c5)c4)c3c3ccc4ccccc4c32)cc1. The molecule has 0 radical (unpaired) electrons. The molecule has 0 saturated carbocycles. The smallest absolute Gasteiger partial charge is 0.0619 e. The third-order valence-electron chi connectivity index (χ3n) is 12.1. The molecular formula is C56H36N2. The van der Waals surface area contributed by atoms with E-state index in [2.05, 4.69) is 228 Å². The molecule has 1 aromatic heterocycles. The van der Waals surface area contributed by atoms with Crippen LogP contribution in [0.2, 0.25) is 0 Å². The zero-order valence-electron chi connectivity index (χ0n) is 31.7. The molecule has 0 saturated heterocycles. The molecule has 0 aliphatic rings. The molecule has 2 heteroatoms. The van der Waals surface area contributed by atoms with Crippen molar-refractivity contribution in [3.63, 3.8) is 0 Å². The Balaban J connectivity index is 1.09. The highest BCUT2D eigenvalue weighted by Crippen LogP contribution is 2.44. The molecule has 0 atom stereocenters. The zero-order valence-corrected chi connectivity index (χ0v) is 31.7. The van der Waals surface area contributed by atoms with Crippen molar-refractivity contribution >= 4 is 92.7 Å². The normalized spacial score (nSPS) is 11.8. The molecule has 58 heavy (non-hydrogen) atoms. The van der Waals surface area contributed by atoms with Gasteiger partial charge in [0.1, 0.15) is 0 Å². The van der Waals surface area contributed by atoms with E-state index in [1.807, 2.05) is 0 Å². The third kappa shape index (κ3) is 5.05. The second-order valence-electron chi connectivity index (χ2n) is 15.3. The first-order valence-electron chi connectivity index (χ1n) is 20.0. The minimum Gasteiger partial charge on any atom is -0.310 e. The van der Waals surface area contributed by atoms with Gasteiger partial charge in [-0.15, -0.1) is 0 Å². The van der Waals surface area contributed by atoms with Gasteiger partial charge in [0.25, 0.3) is 0 Å². The van der Waals surface area contributed by atoms with Gasteiger partial charge in [0.2, 0.25) is 0 Å². The fourth-order valence-corrected chi connectivity index (χ4v) is 9.45. The van der Waals surface area contributed by atoms with E-state index in [0.29, 0.717) is 0 Å². The van der Waals surface area contributed by atoms with E-state index >= 15 is 0 Å². The Bertz CT molecular complexity index is 3460. The first-order chi connectivity index (χ1) is 28.8. The second-order valence-corrected chi connectivity index (χ2v) is 15.3. The summed E-state index contributed by atoms with van der Waals surface area (Å²) in [7, 11) is 0. The first-order valence-corrected chi connectivity index (χ1v) is 20.0. The Morgan fingerprint density at radius 1 is 0.310 bits per heavy atom. The first kappa shape index (κ1) is 32.6. The van der Waals surface area contributed by atoms with Crippen molar-refractivity contribution in [1.29, 1.82) is 0 Å². The molecule has 270 valence electrons. The summed E-state index contributed by atoms with van der Waals surface area (Å²) in [6, 6.07) is 80.2. The molecule has 0 spiro atoms. The van der Waals surface area contributed by atoms with Gasteiger partial charge < -0.3 is 9.47 Å². The predicted octanol–water partition coefficient (Wildman–Crippen LogP) is 15.7. The zero-order chi connectivity index (χ0) is 38.2. The monoisotopic (exact) mass is 736 g/mol. The summed E-state index contributed by atoms with van der Waals surface area (Å²) in [5, 5.41) is 15.0. The van der Waals surface area contributed by atoms with Gasteiger partial charge in [0.05, 0.1) is 11.0 Å². The maximum Gasteiger partial charge on any atom is 0.0619 e. The largest absolute Gasteiger partial charge is 0.310 e. The number of hydrogen-bond donors (Lipinski definition) is 0. The molecule has 0 aliphatic carbocycles. The summed E-state index contributed by atoms with van der Waals surface area (Å²) < 4.78 is 2.45. The van der Waals surface area contributed by atoms with Gasteiger partial charge in [-0.2, -0.15) is 0 Å². The maximum absolute atomic E-state index is 2.45. The molecule has 12 aromatic rings. The lowest BCUT2D eigenvalue weighted by Crippen LogP contribution is -2.10. The number of hydrogen-bond acceptors (Lipinski definition) is 1. The van der Waals surface area contributed by atoms with Crippen molar-refractivity contribution in [2.24, 2.45) is 0 Å². The average molecular weight is 737 g/mol. The number of benzene rings is 11. The van der Waals surface area contributed by atoms with Crippen LogP contribution in [0.15, 0.2) is 218 Å². The van der Waals surface area contributed by atoms with E-state index in [0.717, 1.165) is 22.7 Å². The second kappa shape index (κ2) is 12.9. The molecule has 1 heterocycles. The Morgan fingerprint density at radius 3 is 1.48 bits per heavy atom. The van der Waals surface area contributed by atoms with E-state index in [1.165, 1.54) is 86.8 Å². The number of rotatable bonds is 5. The van der Waals surface area contributed by atoms with Gasteiger partial charge in [0.15, 0.2) is 0 Å². The number of para-hydroxylation sites is 1. The summed E-state index contributed by atoms with van der Waals surface area (Å²) in [5.74, 6) is 0. The molecule has 12 rings (SSSR count). The van der Waals surface area contributed by atoms with Gasteiger partial charge in [-0.05, 0) is 114 Å². The fourth-order valence-electron chi connectivity index (χ4n) is 9.45. The predicted molar refractivity (Wildman–Crippen MR) is 248 cm³/mol. The Hall–Kier alpha value is -7.68. The van der Waals surface area contributed by atoms with Gasteiger partial charge in [-0.25, -0.2) is 0 Å². The fraction of sp³-hybridized carbons (Fsp3) is 0. The number of fused-ring (bicyclic) bond motifs is 11. The molecule has 11 aromatic carbocycles. The Labute approximate surface area is 336 Å². The lowest BCUT2D eigenvalue weighted by Gasteiger charge is -2.27. The quantitative estimate of drug-likeness (QED) is 0.160. The number of aromatic nitrogens is 1. The summed E-state index contributed by atoms with van der Waals surface area (Å²) in [5.41, 5.74) is 9.31. The van der Waals surface area contributed by atoms with E-state index in [1.54, 1.807) is 0 Å². The van der Waals surface area contributed by atoms with Crippen molar-refractivity contribution in [2.45, 2.75) is 0 Å². The Kier molecular flexibility index (Phi) is 7.26. The minimum absolute atomic E-state index is 1.10. The summed E-state index contributed by atoms with van der Waals surface area (Å²) >= 11 is 0. The minimum atomic E-state index is 1.10. The van der Waals surface area contributed by atoms with Crippen molar-refractivity contribution in [3.8, 4) is 16.8 Å². The highest BCUT2D eigenvalue weighted by atomic mass is 15.1. The van der Waals surface area contributed by atoms with Crippen molar-refractivity contribution < 1.29 is 0 Å². The molecule has 0 aliphatic heterocycles. The van der Waals surface area contributed by atoms with Gasteiger partial charge in [-0.1, -0.05) is 164 Å². The lowest BCUT2D eigenvalue weighted by atomic mass is 9.97. The third-order valence-corrected chi connectivity index (χ3v) is 12.1. The van der Waals surface area contributed by atoms with Crippen LogP contribution in [0, 0.1) is 0 Å². The van der Waals surface area contributed by atoms with Crippen LogP contribution in [0.4, 0.5) is 17.1 Å². The van der Waals surface area contributed by atoms with Crippen LogP contribution in [0.25, 0.3) is 92.5 Å². The summed E-state index contributed by atoms with van der Waals surface area (Å²) in [6.45, 7) is 0. The summed E-state index contributed by atoms with van der Waals surface area (Å²) in [4.78, 5) is 2.42. The standard InChI is InChI=1S/C56H36N2/c1-2-16-43(17-3-1)58-54-23-11-22-51(55(54)53-31-28-39-14-6-9-21-52(39)56(53)58)40-15-10-18-44(34-40)57(45-29-32-49-41(35-45)26-24-37-12-4-7-19-47(37)49)46-30-33-50-42(36-46)27-25-38-13-5-8-20-48(38)50/h1-36H. The molecule has 0 N–H and O–H groups in total. The van der Waals surface area contributed by atoms with Crippen molar-refractivity contribution in [1.82, 2.24) is 4.57 Å². The molecule has 0 bridgehead atoms. The van der Waals surface area contributed by atoms with Crippen LogP contribution in [0.3, 0.4) is 0 Å². The van der Waals surface area contributed by atoms with Crippen LogP contribution in [-0.4, -0.2) is 4.57 Å². The molecular weight excluding hydrogens is 701 g/mol. The van der Waals surface area contributed by atoms with Crippen LogP contribution < -0.4 is 4.90 Å². The van der Waals surface area contributed by atoms with E-state index in [9.17, 15) is 0 Å². The molecule has 0 unspecified atom stereocenters. The van der Waals surface area contributed by atoms with Gasteiger partial charge in [-0.3, -0.25) is 0 Å². The van der Waals surface area contributed by atoms with E-state index in [4.69, 9.17) is 0 Å². The number of anilines is 3. The summed E-state index contributed by atoms with van der Waals surface area (Å²) in [6.07, 6.45) is 0. The molecule has 0 fully saturated rings. The highest BCUT2D eigenvalue weighted by molar-refractivity contribution is 6.22. The molecule has 2 nitrogen and oxygen atoms in total. The molecule has 0 amide bonds.